The first-order valence-electron chi connectivity index (χ1n) is 10.2. The monoisotopic (exact) mass is 359 g/mol. The average Bonchev–Trinajstić information content (AvgIpc) is 2.56. The zero-order valence-electron chi connectivity index (χ0n) is 16.9. The van der Waals surface area contributed by atoms with Crippen LogP contribution >= 0.6 is 0 Å². The highest BCUT2D eigenvalue weighted by Gasteiger charge is 2.49. The molecule has 0 aromatic rings. The second-order valence-electron chi connectivity index (χ2n) is 8.39. The average molecular weight is 360 g/mol. The van der Waals surface area contributed by atoms with Crippen LogP contribution in [0.1, 0.15) is 58.8 Å². The number of nitrogens with one attached hydrogen (secondary N) is 3. The number of hydrogen-bond acceptors (Lipinski definition) is 4. The topological polar surface area (TPSA) is 66.2 Å². The Hall–Kier alpha value is -1.38. The molecule has 1 saturated carbocycles. The standard InChI is InChI=1S/C21H37N5/c1-5-6-7-8-11-25-12-9-10-21(16-25)13-19(14-21)20(23)26(18(3)22)17(2)15-24-4/h1,17,19,22-24H,6-16H2,2-4H3. The maximum absolute atomic E-state index is 8.68. The minimum absolute atomic E-state index is 0.153. The van der Waals surface area contributed by atoms with Gasteiger partial charge in [-0.05, 0) is 77.9 Å². The third-order valence-electron chi connectivity index (χ3n) is 6.09. The fourth-order valence-corrected chi connectivity index (χ4v) is 4.91. The molecule has 0 aromatic carbocycles. The number of likely N-dealkylation sites (tertiary alicyclic amines) is 1. The van der Waals surface area contributed by atoms with E-state index in [1.165, 1.54) is 32.4 Å². The molecule has 1 heterocycles. The van der Waals surface area contributed by atoms with E-state index in [1.54, 1.807) is 6.92 Å². The van der Waals surface area contributed by atoms with Gasteiger partial charge in [-0.15, -0.1) is 12.3 Å². The van der Waals surface area contributed by atoms with Crippen LogP contribution in [0.25, 0.3) is 0 Å². The van der Waals surface area contributed by atoms with Gasteiger partial charge in [0.25, 0.3) is 0 Å². The smallest absolute Gasteiger partial charge is 0.105 e. The Bertz CT molecular complexity index is 529. The van der Waals surface area contributed by atoms with E-state index in [0.29, 0.717) is 23.0 Å². The van der Waals surface area contributed by atoms with Gasteiger partial charge in [-0.1, -0.05) is 0 Å². The molecule has 2 fully saturated rings. The summed E-state index contributed by atoms with van der Waals surface area (Å²) >= 11 is 0. The highest BCUT2D eigenvalue weighted by atomic mass is 15.2. The lowest BCUT2D eigenvalue weighted by atomic mass is 9.58. The van der Waals surface area contributed by atoms with Crippen LogP contribution in [0.4, 0.5) is 0 Å². The number of piperidine rings is 1. The minimum atomic E-state index is 0.153. The van der Waals surface area contributed by atoms with Gasteiger partial charge in [0.15, 0.2) is 0 Å². The molecule has 0 radical (unpaired) electrons. The molecule has 1 unspecified atom stereocenters. The highest BCUT2D eigenvalue weighted by Crippen LogP contribution is 2.52. The summed E-state index contributed by atoms with van der Waals surface area (Å²) in [5.41, 5.74) is 0.412. The van der Waals surface area contributed by atoms with E-state index in [2.05, 4.69) is 23.1 Å². The van der Waals surface area contributed by atoms with Crippen LogP contribution < -0.4 is 5.32 Å². The molecule has 1 aliphatic heterocycles. The van der Waals surface area contributed by atoms with Gasteiger partial charge in [0.1, 0.15) is 5.84 Å². The summed E-state index contributed by atoms with van der Waals surface area (Å²) in [6.45, 7) is 8.25. The molecular formula is C21H37N5. The number of amidine groups is 2. The van der Waals surface area contributed by atoms with Gasteiger partial charge in [-0.2, -0.15) is 0 Å². The van der Waals surface area contributed by atoms with Crippen LogP contribution in [0.2, 0.25) is 0 Å². The number of terminal acetylenes is 1. The van der Waals surface area contributed by atoms with E-state index in [0.717, 1.165) is 38.8 Å². The Labute approximate surface area is 159 Å². The van der Waals surface area contributed by atoms with Gasteiger partial charge in [0.05, 0.1) is 5.84 Å². The molecule has 2 aliphatic rings. The fraction of sp³-hybridized carbons (Fsp3) is 0.810. The van der Waals surface area contributed by atoms with Crippen LogP contribution in [0, 0.1) is 34.5 Å². The molecule has 1 atom stereocenters. The lowest BCUT2D eigenvalue weighted by Crippen LogP contribution is -2.56. The van der Waals surface area contributed by atoms with Crippen LogP contribution in [-0.2, 0) is 0 Å². The van der Waals surface area contributed by atoms with Crippen LogP contribution in [0.15, 0.2) is 0 Å². The van der Waals surface area contributed by atoms with Crippen molar-refractivity contribution in [2.24, 2.45) is 11.3 Å². The quantitative estimate of drug-likeness (QED) is 0.270. The number of rotatable bonds is 8. The van der Waals surface area contributed by atoms with Gasteiger partial charge in [-0.25, -0.2) is 0 Å². The van der Waals surface area contributed by atoms with Crippen molar-refractivity contribution in [2.45, 2.75) is 64.8 Å². The Morgan fingerprint density at radius 3 is 2.73 bits per heavy atom. The predicted octanol–water partition coefficient (Wildman–Crippen LogP) is 3.17. The Morgan fingerprint density at radius 1 is 1.38 bits per heavy atom. The molecule has 1 aliphatic carbocycles. The molecule has 26 heavy (non-hydrogen) atoms. The maximum atomic E-state index is 8.68. The first-order valence-corrected chi connectivity index (χ1v) is 10.2. The molecule has 1 saturated heterocycles. The second kappa shape index (κ2) is 9.53. The van der Waals surface area contributed by atoms with Crippen LogP contribution in [0.5, 0.6) is 0 Å². The molecule has 0 bridgehead atoms. The van der Waals surface area contributed by atoms with Crippen LogP contribution in [0.3, 0.4) is 0 Å². The van der Waals surface area contributed by atoms with Crippen molar-refractivity contribution < 1.29 is 0 Å². The van der Waals surface area contributed by atoms with Crippen molar-refractivity contribution in [1.82, 2.24) is 15.1 Å². The van der Waals surface area contributed by atoms with E-state index in [4.69, 9.17) is 17.2 Å². The van der Waals surface area contributed by atoms with Crippen molar-refractivity contribution in [2.75, 3.05) is 33.2 Å². The van der Waals surface area contributed by atoms with Crippen molar-refractivity contribution in [3.05, 3.63) is 0 Å². The summed E-state index contributed by atoms with van der Waals surface area (Å²) in [5.74, 6) is 4.18. The first-order chi connectivity index (χ1) is 12.4. The Kier molecular flexibility index (Phi) is 7.67. The van der Waals surface area contributed by atoms with E-state index in [9.17, 15) is 0 Å². The van der Waals surface area contributed by atoms with Gasteiger partial charge in [-0.3, -0.25) is 10.8 Å². The molecule has 146 valence electrons. The zero-order chi connectivity index (χ0) is 19.2. The summed E-state index contributed by atoms with van der Waals surface area (Å²) in [5, 5.41) is 19.9. The Morgan fingerprint density at radius 2 is 2.12 bits per heavy atom. The lowest BCUT2D eigenvalue weighted by molar-refractivity contribution is -0.00427. The molecule has 1 spiro atoms. The normalized spacial score (nSPS) is 26.8. The van der Waals surface area contributed by atoms with Crippen molar-refractivity contribution in [3.63, 3.8) is 0 Å². The summed E-state index contributed by atoms with van der Waals surface area (Å²) in [6, 6.07) is 0.153. The number of nitrogens with zero attached hydrogens (tertiary/aromatic N) is 2. The molecule has 5 heteroatoms. The van der Waals surface area contributed by atoms with E-state index in [1.807, 2.05) is 11.9 Å². The van der Waals surface area contributed by atoms with Crippen molar-refractivity contribution in [3.8, 4) is 12.3 Å². The highest BCUT2D eigenvalue weighted by molar-refractivity contribution is 5.98. The molecule has 0 amide bonds. The maximum Gasteiger partial charge on any atom is 0.105 e. The van der Waals surface area contributed by atoms with E-state index in [-0.39, 0.29) is 6.04 Å². The number of hydrogen-bond donors (Lipinski definition) is 3. The van der Waals surface area contributed by atoms with E-state index >= 15 is 0 Å². The van der Waals surface area contributed by atoms with Gasteiger partial charge in [0, 0.05) is 31.5 Å². The summed E-state index contributed by atoms with van der Waals surface area (Å²) in [4.78, 5) is 4.53. The summed E-state index contributed by atoms with van der Waals surface area (Å²) in [7, 11) is 1.93. The van der Waals surface area contributed by atoms with Crippen molar-refractivity contribution in [1.29, 1.82) is 10.8 Å². The Balaban J connectivity index is 1.86. The van der Waals surface area contributed by atoms with Gasteiger partial charge < -0.3 is 15.1 Å². The number of unbranched alkanes of at least 4 members (excludes halogenated alkanes) is 2. The third-order valence-corrected chi connectivity index (χ3v) is 6.09. The third kappa shape index (κ3) is 5.08. The molecular weight excluding hydrogens is 322 g/mol. The molecule has 2 rings (SSSR count). The molecule has 5 nitrogen and oxygen atoms in total. The van der Waals surface area contributed by atoms with Crippen LogP contribution in [-0.4, -0.2) is 60.7 Å². The lowest BCUT2D eigenvalue weighted by Gasteiger charge is -2.54. The summed E-state index contributed by atoms with van der Waals surface area (Å²) < 4.78 is 0. The zero-order valence-corrected chi connectivity index (χ0v) is 16.9. The van der Waals surface area contributed by atoms with Gasteiger partial charge >= 0.3 is 0 Å². The molecule has 0 aromatic heterocycles. The predicted molar refractivity (Wildman–Crippen MR) is 110 cm³/mol. The SMILES string of the molecule is C#CCCCCN1CCCC2(CC(C(=N)N(C(C)=N)C(C)CNC)C2)C1. The van der Waals surface area contributed by atoms with Crippen molar-refractivity contribution >= 4 is 11.7 Å². The number of likely N-dealkylation sites (N-methyl/N-ethyl adjacent to an activating group) is 1. The second-order valence-corrected chi connectivity index (χ2v) is 8.39. The van der Waals surface area contributed by atoms with Gasteiger partial charge in [0.2, 0.25) is 0 Å². The largest absolute Gasteiger partial charge is 0.318 e. The molecule has 3 N–H and O–H groups in total. The first kappa shape index (κ1) is 20.9. The fourth-order valence-electron chi connectivity index (χ4n) is 4.91. The van der Waals surface area contributed by atoms with E-state index < -0.39 is 0 Å². The summed E-state index contributed by atoms with van der Waals surface area (Å²) in [6.07, 6.45) is 13.4. The minimum Gasteiger partial charge on any atom is -0.318 e.